The summed E-state index contributed by atoms with van der Waals surface area (Å²) in [5.41, 5.74) is 2.79. The van der Waals surface area contributed by atoms with Crippen LogP contribution in [0.4, 0.5) is 4.79 Å². The average molecular weight is 380 g/mol. The molecule has 6 heteroatoms. The lowest BCUT2D eigenvalue weighted by Gasteiger charge is -2.22. The summed E-state index contributed by atoms with van der Waals surface area (Å²) in [4.78, 5) is 39.4. The van der Waals surface area contributed by atoms with E-state index in [1.807, 2.05) is 32.9 Å². The zero-order valence-corrected chi connectivity index (χ0v) is 16.8. The molecule has 0 aromatic heterocycles. The molecule has 1 atom stereocenters. The summed E-state index contributed by atoms with van der Waals surface area (Å²) in [6.07, 6.45) is 0. The third kappa shape index (κ3) is 3.26. The molecule has 1 N–H and O–H groups in total. The summed E-state index contributed by atoms with van der Waals surface area (Å²) in [7, 11) is 1.54. The molecule has 0 spiro atoms. The van der Waals surface area contributed by atoms with Crippen LogP contribution in [-0.4, -0.2) is 36.3 Å². The highest BCUT2D eigenvalue weighted by Crippen LogP contribution is 2.31. The second-order valence-corrected chi connectivity index (χ2v) is 7.35. The van der Waals surface area contributed by atoms with Gasteiger partial charge >= 0.3 is 6.03 Å². The van der Waals surface area contributed by atoms with E-state index in [-0.39, 0.29) is 12.3 Å². The minimum Gasteiger partial charge on any atom is -0.497 e. The van der Waals surface area contributed by atoms with Crippen LogP contribution in [0, 0.1) is 20.8 Å². The fourth-order valence-electron chi connectivity index (χ4n) is 3.46. The van der Waals surface area contributed by atoms with Crippen LogP contribution in [-0.2, 0) is 10.3 Å². The van der Waals surface area contributed by atoms with E-state index in [4.69, 9.17) is 4.74 Å². The number of imide groups is 1. The minimum atomic E-state index is -1.25. The molecule has 1 fully saturated rings. The van der Waals surface area contributed by atoms with Gasteiger partial charge < -0.3 is 10.1 Å². The summed E-state index contributed by atoms with van der Waals surface area (Å²) in [6.45, 7) is 7.10. The van der Waals surface area contributed by atoms with Crippen LogP contribution in [0.2, 0.25) is 0 Å². The van der Waals surface area contributed by atoms with E-state index in [1.165, 1.54) is 7.11 Å². The maximum Gasteiger partial charge on any atom is 0.325 e. The molecule has 2 aromatic rings. The highest BCUT2D eigenvalue weighted by molar-refractivity contribution is 6.11. The van der Waals surface area contributed by atoms with Gasteiger partial charge in [-0.2, -0.15) is 0 Å². The lowest BCUT2D eigenvalue weighted by atomic mass is 9.91. The number of hydrogen-bond acceptors (Lipinski definition) is 4. The van der Waals surface area contributed by atoms with Crippen LogP contribution in [0.15, 0.2) is 36.4 Å². The Bertz CT molecular complexity index is 982. The van der Waals surface area contributed by atoms with Gasteiger partial charge in [0.05, 0.1) is 13.7 Å². The third-order valence-corrected chi connectivity index (χ3v) is 5.36. The Labute approximate surface area is 164 Å². The minimum absolute atomic E-state index is 0.265. The number of carbonyl (C=O) groups excluding carboxylic acids is 3. The maximum atomic E-state index is 13.1. The molecule has 3 amide bonds. The van der Waals surface area contributed by atoms with Crippen LogP contribution in [0.1, 0.15) is 39.5 Å². The number of nitrogens with one attached hydrogen (secondary N) is 1. The molecule has 6 nitrogen and oxygen atoms in total. The van der Waals surface area contributed by atoms with Crippen LogP contribution in [0.25, 0.3) is 0 Å². The number of hydrogen-bond donors (Lipinski definition) is 1. The van der Waals surface area contributed by atoms with Gasteiger partial charge in [0.15, 0.2) is 5.78 Å². The zero-order valence-electron chi connectivity index (χ0n) is 16.8. The molecular formula is C22H24N2O4. The number of carbonyl (C=O) groups is 3. The second-order valence-electron chi connectivity index (χ2n) is 7.35. The van der Waals surface area contributed by atoms with E-state index in [1.54, 1.807) is 31.2 Å². The normalized spacial score (nSPS) is 19.0. The van der Waals surface area contributed by atoms with E-state index < -0.39 is 17.5 Å². The topological polar surface area (TPSA) is 75.7 Å². The number of Topliss-reactive ketones (excluding diaryl/α,β-unsaturated/α-hetero) is 1. The maximum absolute atomic E-state index is 13.1. The van der Waals surface area contributed by atoms with E-state index >= 15 is 0 Å². The number of rotatable bonds is 5. The number of amides is 3. The van der Waals surface area contributed by atoms with E-state index in [0.29, 0.717) is 16.9 Å². The van der Waals surface area contributed by atoms with Gasteiger partial charge in [-0.3, -0.25) is 14.5 Å². The quantitative estimate of drug-likeness (QED) is 0.638. The number of nitrogens with zero attached hydrogens (tertiary/aromatic N) is 1. The molecule has 2 aromatic carbocycles. The van der Waals surface area contributed by atoms with Gasteiger partial charge in [0.1, 0.15) is 11.3 Å². The fourth-order valence-corrected chi connectivity index (χ4v) is 3.46. The molecule has 1 saturated heterocycles. The van der Waals surface area contributed by atoms with Crippen molar-refractivity contribution in [3.63, 3.8) is 0 Å². The van der Waals surface area contributed by atoms with Crippen molar-refractivity contribution < 1.29 is 19.1 Å². The van der Waals surface area contributed by atoms with E-state index in [9.17, 15) is 14.4 Å². The molecule has 0 radical (unpaired) electrons. The number of benzene rings is 2. The lowest BCUT2D eigenvalue weighted by molar-refractivity contribution is -0.130. The first-order chi connectivity index (χ1) is 13.2. The number of ether oxygens (including phenoxy) is 1. The highest BCUT2D eigenvalue weighted by atomic mass is 16.5. The standard InChI is InChI=1S/C22H24N2O4/c1-13-9-15(3)18(10-14(13)2)19(25)12-24-20(26)22(4,23-21(24)27)16-7-6-8-17(11-16)28-5/h6-11H,12H2,1-5H3,(H,23,27)/t22-/m0/s1. The first-order valence-corrected chi connectivity index (χ1v) is 9.07. The van der Waals surface area contributed by atoms with Gasteiger partial charge in [-0.1, -0.05) is 18.2 Å². The second kappa shape index (κ2) is 7.11. The van der Waals surface area contributed by atoms with Gasteiger partial charge in [-0.15, -0.1) is 0 Å². The Morgan fingerprint density at radius 3 is 2.43 bits per heavy atom. The van der Waals surface area contributed by atoms with E-state index in [0.717, 1.165) is 21.6 Å². The lowest BCUT2D eigenvalue weighted by Crippen LogP contribution is -2.41. The largest absolute Gasteiger partial charge is 0.497 e. The smallest absolute Gasteiger partial charge is 0.325 e. The SMILES string of the molecule is COc1cccc([C@]2(C)NC(=O)N(CC(=O)c3cc(C)c(C)cc3C)C2=O)c1. The van der Waals surface area contributed by atoms with Crippen molar-refractivity contribution in [3.05, 3.63) is 64.2 Å². The number of urea groups is 1. The molecule has 0 bridgehead atoms. The monoisotopic (exact) mass is 380 g/mol. The molecule has 0 unspecified atom stereocenters. The zero-order chi connectivity index (χ0) is 20.6. The van der Waals surface area contributed by atoms with Gasteiger partial charge in [-0.05, 0) is 68.1 Å². The molecule has 1 heterocycles. The van der Waals surface area contributed by atoms with Crippen molar-refractivity contribution in [2.45, 2.75) is 33.2 Å². The Kier molecular flexibility index (Phi) is 4.98. The van der Waals surface area contributed by atoms with Crippen LogP contribution < -0.4 is 10.1 Å². The van der Waals surface area contributed by atoms with Gasteiger partial charge in [0.2, 0.25) is 0 Å². The number of ketones is 1. The van der Waals surface area contributed by atoms with E-state index in [2.05, 4.69) is 5.32 Å². The predicted molar refractivity (Wildman–Crippen MR) is 106 cm³/mol. The molecule has 1 aliphatic rings. The third-order valence-electron chi connectivity index (χ3n) is 5.36. The number of aryl methyl sites for hydroxylation is 3. The summed E-state index contributed by atoms with van der Waals surface area (Å²) in [5.74, 6) is -0.138. The molecule has 0 saturated carbocycles. The van der Waals surface area contributed by atoms with Crippen molar-refractivity contribution in [2.24, 2.45) is 0 Å². The molecule has 146 valence electrons. The summed E-state index contributed by atoms with van der Waals surface area (Å²) >= 11 is 0. The number of methoxy groups -OCH3 is 1. The van der Waals surface area contributed by atoms with Crippen LogP contribution >= 0.6 is 0 Å². The van der Waals surface area contributed by atoms with Crippen LogP contribution in [0.5, 0.6) is 5.75 Å². The highest BCUT2D eigenvalue weighted by Gasteiger charge is 2.49. The summed E-state index contributed by atoms with van der Waals surface area (Å²) in [5, 5.41) is 2.72. The molecule has 3 rings (SSSR count). The Morgan fingerprint density at radius 1 is 1.07 bits per heavy atom. The molecule has 1 aliphatic heterocycles. The van der Waals surface area contributed by atoms with Crippen LogP contribution in [0.3, 0.4) is 0 Å². The van der Waals surface area contributed by atoms with Crippen molar-refractivity contribution in [3.8, 4) is 5.75 Å². The molecular weight excluding hydrogens is 356 g/mol. The van der Waals surface area contributed by atoms with Gasteiger partial charge in [0, 0.05) is 5.56 Å². The Hall–Kier alpha value is -3.15. The van der Waals surface area contributed by atoms with Crippen molar-refractivity contribution in [1.29, 1.82) is 0 Å². The van der Waals surface area contributed by atoms with Gasteiger partial charge in [0.25, 0.3) is 5.91 Å². The van der Waals surface area contributed by atoms with Crippen molar-refractivity contribution >= 4 is 17.7 Å². The first kappa shape index (κ1) is 19.6. The Morgan fingerprint density at radius 2 is 1.75 bits per heavy atom. The predicted octanol–water partition coefficient (Wildman–Crippen LogP) is 3.27. The summed E-state index contributed by atoms with van der Waals surface area (Å²) in [6, 6.07) is 10.1. The first-order valence-electron chi connectivity index (χ1n) is 9.07. The Balaban J connectivity index is 1.88. The average Bonchev–Trinajstić information content (AvgIpc) is 2.88. The van der Waals surface area contributed by atoms with Crippen molar-refractivity contribution in [2.75, 3.05) is 13.7 Å². The summed E-state index contributed by atoms with van der Waals surface area (Å²) < 4.78 is 5.21. The molecule has 0 aliphatic carbocycles. The van der Waals surface area contributed by atoms with Gasteiger partial charge in [-0.25, -0.2) is 4.79 Å². The molecule has 28 heavy (non-hydrogen) atoms. The van der Waals surface area contributed by atoms with Crippen molar-refractivity contribution in [1.82, 2.24) is 10.2 Å². The fraction of sp³-hybridized carbons (Fsp3) is 0.318.